The van der Waals surface area contributed by atoms with Gasteiger partial charge < -0.3 is 5.32 Å². The Bertz CT molecular complexity index is 264. The highest BCUT2D eigenvalue weighted by atomic mass is 32.1. The van der Waals surface area contributed by atoms with E-state index in [4.69, 9.17) is 0 Å². The third-order valence-electron chi connectivity index (χ3n) is 2.59. The van der Waals surface area contributed by atoms with E-state index in [1.165, 1.54) is 36.6 Å². The summed E-state index contributed by atoms with van der Waals surface area (Å²) in [5, 5.41) is 6.91. The van der Waals surface area contributed by atoms with Crippen LogP contribution in [0.3, 0.4) is 0 Å². The van der Waals surface area contributed by atoms with E-state index in [1.54, 1.807) is 0 Å². The molecule has 1 aromatic heterocycles. The predicted octanol–water partition coefficient (Wildman–Crippen LogP) is 1.86. The van der Waals surface area contributed by atoms with Gasteiger partial charge in [0, 0.05) is 11.8 Å². The second kappa shape index (κ2) is 4.20. The number of hydrogen-bond acceptors (Lipinski definition) is 3. The van der Waals surface area contributed by atoms with Crippen molar-refractivity contribution >= 4 is 11.3 Å². The molecule has 0 aromatic carbocycles. The quantitative estimate of drug-likeness (QED) is 0.798. The molecule has 1 fully saturated rings. The van der Waals surface area contributed by atoms with Crippen molar-refractivity contribution in [2.24, 2.45) is 5.92 Å². The third kappa shape index (κ3) is 2.29. The maximum absolute atomic E-state index is 4.58. The number of aromatic nitrogens is 1. The molecule has 2 rings (SSSR count). The van der Waals surface area contributed by atoms with Crippen LogP contribution in [0.4, 0.5) is 0 Å². The van der Waals surface area contributed by atoms with Crippen LogP contribution in [0.1, 0.15) is 24.0 Å². The second-order valence-electron chi connectivity index (χ2n) is 3.65. The lowest BCUT2D eigenvalue weighted by Gasteiger charge is -2.03. The highest BCUT2D eigenvalue weighted by Crippen LogP contribution is 2.18. The van der Waals surface area contributed by atoms with Crippen molar-refractivity contribution in [3.8, 4) is 0 Å². The largest absolute Gasteiger partial charge is 0.316 e. The average molecular weight is 196 g/mol. The fourth-order valence-electron chi connectivity index (χ4n) is 1.74. The van der Waals surface area contributed by atoms with Gasteiger partial charge >= 0.3 is 0 Å². The van der Waals surface area contributed by atoms with Crippen molar-refractivity contribution in [2.45, 2.75) is 26.2 Å². The Kier molecular flexibility index (Phi) is 2.96. The Balaban J connectivity index is 1.92. The monoisotopic (exact) mass is 196 g/mol. The predicted molar refractivity (Wildman–Crippen MR) is 56.2 cm³/mol. The van der Waals surface area contributed by atoms with Gasteiger partial charge in [-0.1, -0.05) is 6.92 Å². The Morgan fingerprint density at radius 3 is 3.23 bits per heavy atom. The molecule has 1 saturated heterocycles. The SMILES string of the molecule is CCc1csc(CC2CCNC2)n1. The van der Waals surface area contributed by atoms with Gasteiger partial charge in [0.25, 0.3) is 0 Å². The normalized spacial score (nSPS) is 22.4. The molecule has 0 bridgehead atoms. The first-order valence-corrected chi connectivity index (χ1v) is 5.90. The van der Waals surface area contributed by atoms with Crippen LogP contribution in [-0.4, -0.2) is 18.1 Å². The molecule has 2 nitrogen and oxygen atoms in total. The van der Waals surface area contributed by atoms with Crippen molar-refractivity contribution < 1.29 is 0 Å². The minimum atomic E-state index is 0.829. The summed E-state index contributed by atoms with van der Waals surface area (Å²) in [6, 6.07) is 0. The zero-order valence-corrected chi connectivity index (χ0v) is 8.86. The zero-order chi connectivity index (χ0) is 9.10. The Hall–Kier alpha value is -0.410. The summed E-state index contributed by atoms with van der Waals surface area (Å²) in [5.41, 5.74) is 1.26. The first-order chi connectivity index (χ1) is 6.38. The first kappa shape index (κ1) is 9.16. The molecule has 0 radical (unpaired) electrons. The Labute approximate surface area is 83.4 Å². The third-order valence-corrected chi connectivity index (χ3v) is 3.51. The van der Waals surface area contributed by atoms with Crippen LogP contribution in [0.2, 0.25) is 0 Å². The lowest BCUT2D eigenvalue weighted by molar-refractivity contribution is 0.577. The minimum Gasteiger partial charge on any atom is -0.316 e. The molecule has 0 aliphatic carbocycles. The molecule has 3 heteroatoms. The van der Waals surface area contributed by atoms with Crippen molar-refractivity contribution in [1.82, 2.24) is 10.3 Å². The van der Waals surface area contributed by atoms with E-state index in [2.05, 4.69) is 22.6 Å². The smallest absolute Gasteiger partial charge is 0.0931 e. The molecule has 1 aliphatic rings. The molecule has 72 valence electrons. The van der Waals surface area contributed by atoms with Crippen LogP contribution in [0, 0.1) is 5.92 Å². The van der Waals surface area contributed by atoms with E-state index in [0.29, 0.717) is 0 Å². The number of nitrogens with zero attached hydrogens (tertiary/aromatic N) is 1. The molecule has 1 aromatic rings. The lowest BCUT2D eigenvalue weighted by atomic mass is 10.1. The average Bonchev–Trinajstić information content (AvgIpc) is 2.76. The first-order valence-electron chi connectivity index (χ1n) is 5.02. The summed E-state index contributed by atoms with van der Waals surface area (Å²) >= 11 is 1.82. The van der Waals surface area contributed by atoms with Gasteiger partial charge in [0.05, 0.1) is 10.7 Å². The molecule has 0 spiro atoms. The zero-order valence-electron chi connectivity index (χ0n) is 8.05. The van der Waals surface area contributed by atoms with E-state index in [9.17, 15) is 0 Å². The molecule has 1 atom stereocenters. The summed E-state index contributed by atoms with van der Waals surface area (Å²) in [7, 11) is 0. The molecule has 1 N–H and O–H groups in total. The van der Waals surface area contributed by atoms with Crippen LogP contribution >= 0.6 is 11.3 Å². The molecule has 0 saturated carbocycles. The lowest BCUT2D eigenvalue weighted by Crippen LogP contribution is -2.10. The van der Waals surface area contributed by atoms with Gasteiger partial charge in [-0.3, -0.25) is 0 Å². The number of hydrogen-bond donors (Lipinski definition) is 1. The number of nitrogens with one attached hydrogen (secondary N) is 1. The maximum atomic E-state index is 4.58. The molecule has 0 amide bonds. The van der Waals surface area contributed by atoms with Gasteiger partial charge in [-0.15, -0.1) is 11.3 Å². The highest BCUT2D eigenvalue weighted by molar-refractivity contribution is 7.09. The fourth-order valence-corrected chi connectivity index (χ4v) is 2.73. The molecule has 13 heavy (non-hydrogen) atoms. The van der Waals surface area contributed by atoms with E-state index >= 15 is 0 Å². The van der Waals surface area contributed by atoms with Gasteiger partial charge in [-0.2, -0.15) is 0 Å². The van der Waals surface area contributed by atoms with Crippen molar-refractivity contribution in [1.29, 1.82) is 0 Å². The van der Waals surface area contributed by atoms with Crippen LogP contribution < -0.4 is 5.32 Å². The van der Waals surface area contributed by atoms with E-state index < -0.39 is 0 Å². The number of rotatable bonds is 3. The summed E-state index contributed by atoms with van der Waals surface area (Å²) in [5.74, 6) is 0.829. The minimum absolute atomic E-state index is 0.829. The maximum Gasteiger partial charge on any atom is 0.0931 e. The van der Waals surface area contributed by atoms with Gasteiger partial charge in [0.15, 0.2) is 0 Å². The topological polar surface area (TPSA) is 24.9 Å². The van der Waals surface area contributed by atoms with Crippen LogP contribution in [0.15, 0.2) is 5.38 Å². The standard InChI is InChI=1S/C10H16N2S/c1-2-9-7-13-10(12-9)5-8-3-4-11-6-8/h7-8,11H,2-6H2,1H3. The molecular weight excluding hydrogens is 180 g/mol. The van der Waals surface area contributed by atoms with Crippen molar-refractivity contribution in [2.75, 3.05) is 13.1 Å². The molecule has 1 aliphatic heterocycles. The van der Waals surface area contributed by atoms with Gasteiger partial charge in [-0.05, 0) is 31.8 Å². The molecular formula is C10H16N2S. The van der Waals surface area contributed by atoms with Crippen LogP contribution in [0.5, 0.6) is 0 Å². The number of thiazole rings is 1. The highest BCUT2D eigenvalue weighted by Gasteiger charge is 2.16. The van der Waals surface area contributed by atoms with Crippen molar-refractivity contribution in [3.05, 3.63) is 16.1 Å². The molecule has 2 heterocycles. The van der Waals surface area contributed by atoms with E-state index in [-0.39, 0.29) is 0 Å². The van der Waals surface area contributed by atoms with E-state index in [1.807, 2.05) is 11.3 Å². The summed E-state index contributed by atoms with van der Waals surface area (Å²) in [6.45, 7) is 4.54. The number of aryl methyl sites for hydroxylation is 1. The van der Waals surface area contributed by atoms with E-state index in [0.717, 1.165) is 12.3 Å². The van der Waals surface area contributed by atoms with Gasteiger partial charge in [-0.25, -0.2) is 4.98 Å². The van der Waals surface area contributed by atoms with Crippen LogP contribution in [0.25, 0.3) is 0 Å². The molecule has 1 unspecified atom stereocenters. The second-order valence-corrected chi connectivity index (χ2v) is 4.59. The fraction of sp³-hybridized carbons (Fsp3) is 0.700. The van der Waals surface area contributed by atoms with Crippen LogP contribution in [-0.2, 0) is 12.8 Å². The summed E-state index contributed by atoms with van der Waals surface area (Å²) < 4.78 is 0. The summed E-state index contributed by atoms with van der Waals surface area (Å²) in [6.07, 6.45) is 3.57. The van der Waals surface area contributed by atoms with Gasteiger partial charge in [0.1, 0.15) is 0 Å². The summed E-state index contributed by atoms with van der Waals surface area (Å²) in [4.78, 5) is 4.58. The van der Waals surface area contributed by atoms with Crippen molar-refractivity contribution in [3.63, 3.8) is 0 Å². The Morgan fingerprint density at radius 2 is 2.62 bits per heavy atom. The Morgan fingerprint density at radius 1 is 1.69 bits per heavy atom. The van der Waals surface area contributed by atoms with Gasteiger partial charge in [0.2, 0.25) is 0 Å².